The first-order valence-corrected chi connectivity index (χ1v) is 9.14. The number of ketones is 1. The number of aromatic nitrogens is 1. The minimum atomic E-state index is -0.196. The summed E-state index contributed by atoms with van der Waals surface area (Å²) in [6.45, 7) is 2.08. The average molecular weight is 372 g/mol. The van der Waals surface area contributed by atoms with Gasteiger partial charge in [-0.2, -0.15) is 0 Å². The Labute approximate surface area is 162 Å². The van der Waals surface area contributed by atoms with E-state index in [9.17, 15) is 9.59 Å². The number of carbonyl (C=O) groups excluding carboxylic acids is 2. The fourth-order valence-corrected chi connectivity index (χ4v) is 3.37. The van der Waals surface area contributed by atoms with Gasteiger partial charge in [0.05, 0.1) is 17.9 Å². The smallest absolute Gasteiger partial charge is 0.240 e. The third-order valence-corrected chi connectivity index (χ3v) is 4.77. The molecule has 0 saturated heterocycles. The predicted molar refractivity (Wildman–Crippen MR) is 107 cm³/mol. The van der Waals surface area contributed by atoms with Crippen molar-refractivity contribution >= 4 is 22.6 Å². The molecule has 4 aromatic rings. The molecule has 2 aromatic heterocycles. The van der Waals surface area contributed by atoms with Crippen LogP contribution in [-0.2, 0) is 11.3 Å². The highest BCUT2D eigenvalue weighted by Gasteiger charge is 2.19. The molecule has 4 rings (SSSR count). The molecule has 140 valence electrons. The second-order valence-corrected chi connectivity index (χ2v) is 6.69. The SMILES string of the molecule is C[C@H](NC(=O)Cn1cc(C(=O)c2ccco2)c2ccccc21)c1ccccc1. The highest BCUT2D eigenvalue weighted by Crippen LogP contribution is 2.24. The van der Waals surface area contributed by atoms with E-state index in [-0.39, 0.29) is 30.0 Å². The van der Waals surface area contributed by atoms with Gasteiger partial charge < -0.3 is 14.3 Å². The van der Waals surface area contributed by atoms with Crippen molar-refractivity contribution in [2.24, 2.45) is 0 Å². The molecule has 5 heteroatoms. The number of furan rings is 1. The third-order valence-electron chi connectivity index (χ3n) is 4.77. The van der Waals surface area contributed by atoms with Crippen LogP contribution in [0.1, 0.15) is 34.6 Å². The fraction of sp³-hybridized carbons (Fsp3) is 0.130. The van der Waals surface area contributed by atoms with Gasteiger partial charge in [0, 0.05) is 17.1 Å². The van der Waals surface area contributed by atoms with E-state index in [1.165, 1.54) is 6.26 Å². The number of amides is 1. The zero-order valence-electron chi connectivity index (χ0n) is 15.5. The lowest BCUT2D eigenvalue weighted by molar-refractivity contribution is -0.122. The highest BCUT2D eigenvalue weighted by molar-refractivity contribution is 6.15. The third kappa shape index (κ3) is 3.47. The van der Waals surface area contributed by atoms with Crippen molar-refractivity contribution in [3.05, 3.63) is 96.1 Å². The molecule has 0 aliphatic rings. The monoisotopic (exact) mass is 372 g/mol. The van der Waals surface area contributed by atoms with Crippen LogP contribution in [0.25, 0.3) is 10.9 Å². The highest BCUT2D eigenvalue weighted by atomic mass is 16.3. The largest absolute Gasteiger partial charge is 0.461 e. The van der Waals surface area contributed by atoms with E-state index in [1.54, 1.807) is 22.9 Å². The summed E-state index contributed by atoms with van der Waals surface area (Å²) in [6, 6.07) is 20.6. The number of benzene rings is 2. The van der Waals surface area contributed by atoms with Crippen molar-refractivity contribution in [1.82, 2.24) is 9.88 Å². The topological polar surface area (TPSA) is 64.2 Å². The number of para-hydroxylation sites is 1. The molecule has 5 nitrogen and oxygen atoms in total. The van der Waals surface area contributed by atoms with Crippen molar-refractivity contribution in [3.8, 4) is 0 Å². The molecule has 0 aliphatic heterocycles. The standard InChI is InChI=1S/C23H20N2O3/c1-16(17-8-3-2-4-9-17)24-22(26)15-25-14-19(18-10-5-6-11-20(18)25)23(27)21-12-7-13-28-21/h2-14,16H,15H2,1H3,(H,24,26)/t16-/m0/s1. The van der Waals surface area contributed by atoms with Crippen LogP contribution >= 0.6 is 0 Å². The van der Waals surface area contributed by atoms with Crippen LogP contribution in [0, 0.1) is 0 Å². The van der Waals surface area contributed by atoms with Gasteiger partial charge >= 0.3 is 0 Å². The van der Waals surface area contributed by atoms with E-state index >= 15 is 0 Å². The summed E-state index contributed by atoms with van der Waals surface area (Å²) < 4.78 is 7.06. The average Bonchev–Trinajstić information content (AvgIpc) is 3.37. The fourth-order valence-electron chi connectivity index (χ4n) is 3.37. The molecule has 0 aliphatic carbocycles. The molecular weight excluding hydrogens is 352 g/mol. The lowest BCUT2D eigenvalue weighted by Crippen LogP contribution is -2.29. The summed E-state index contributed by atoms with van der Waals surface area (Å²) >= 11 is 0. The first kappa shape index (κ1) is 17.8. The Morgan fingerprint density at radius 1 is 1.00 bits per heavy atom. The first-order chi connectivity index (χ1) is 13.6. The van der Waals surface area contributed by atoms with Crippen molar-refractivity contribution in [3.63, 3.8) is 0 Å². The van der Waals surface area contributed by atoms with E-state index in [1.807, 2.05) is 61.5 Å². The summed E-state index contributed by atoms with van der Waals surface area (Å²) in [6.07, 6.45) is 3.20. The molecule has 0 saturated carbocycles. The molecule has 1 atom stereocenters. The minimum absolute atomic E-state index is 0.0975. The van der Waals surface area contributed by atoms with Crippen molar-refractivity contribution in [2.45, 2.75) is 19.5 Å². The van der Waals surface area contributed by atoms with Crippen molar-refractivity contribution < 1.29 is 14.0 Å². The van der Waals surface area contributed by atoms with Crippen LogP contribution in [0.5, 0.6) is 0 Å². The van der Waals surface area contributed by atoms with Crippen LogP contribution in [0.15, 0.2) is 83.6 Å². The molecule has 2 aromatic carbocycles. The lowest BCUT2D eigenvalue weighted by Gasteiger charge is -2.15. The zero-order chi connectivity index (χ0) is 19.5. The molecule has 2 heterocycles. The van der Waals surface area contributed by atoms with Gasteiger partial charge in [-0.15, -0.1) is 0 Å². The maximum atomic E-state index is 12.8. The van der Waals surface area contributed by atoms with Gasteiger partial charge in [-0.05, 0) is 30.7 Å². The summed E-state index contributed by atoms with van der Waals surface area (Å²) in [4.78, 5) is 25.4. The van der Waals surface area contributed by atoms with Gasteiger partial charge in [0.2, 0.25) is 11.7 Å². The van der Waals surface area contributed by atoms with Gasteiger partial charge in [0.1, 0.15) is 6.54 Å². The van der Waals surface area contributed by atoms with Crippen molar-refractivity contribution in [1.29, 1.82) is 0 Å². The number of hydrogen-bond donors (Lipinski definition) is 1. The van der Waals surface area contributed by atoms with Gasteiger partial charge in [0.15, 0.2) is 5.76 Å². The molecule has 28 heavy (non-hydrogen) atoms. The summed E-state index contributed by atoms with van der Waals surface area (Å²) in [5.41, 5.74) is 2.40. The molecule has 1 amide bonds. The van der Waals surface area contributed by atoms with Crippen LogP contribution < -0.4 is 5.32 Å². The Balaban J connectivity index is 1.59. The quantitative estimate of drug-likeness (QED) is 0.512. The molecule has 0 unspecified atom stereocenters. The Morgan fingerprint density at radius 3 is 2.50 bits per heavy atom. The maximum absolute atomic E-state index is 12.8. The van der Waals surface area contributed by atoms with E-state index in [4.69, 9.17) is 4.42 Å². The summed E-state index contributed by atoms with van der Waals surface area (Å²) in [5, 5.41) is 3.81. The number of carbonyl (C=O) groups is 2. The van der Waals surface area contributed by atoms with Crippen LogP contribution in [-0.4, -0.2) is 16.3 Å². The van der Waals surface area contributed by atoms with E-state index in [2.05, 4.69) is 5.32 Å². The zero-order valence-corrected chi connectivity index (χ0v) is 15.5. The Morgan fingerprint density at radius 2 is 1.75 bits per heavy atom. The molecule has 0 bridgehead atoms. The Bertz CT molecular complexity index is 1110. The number of fused-ring (bicyclic) bond motifs is 1. The number of nitrogens with zero attached hydrogens (tertiary/aromatic N) is 1. The summed E-state index contributed by atoms with van der Waals surface area (Å²) in [5.74, 6) is -0.0304. The minimum Gasteiger partial charge on any atom is -0.461 e. The van der Waals surface area contributed by atoms with Crippen LogP contribution in [0.3, 0.4) is 0 Å². The second-order valence-electron chi connectivity index (χ2n) is 6.69. The predicted octanol–water partition coefficient (Wildman–Crippen LogP) is 4.34. The first-order valence-electron chi connectivity index (χ1n) is 9.14. The van der Waals surface area contributed by atoms with E-state index < -0.39 is 0 Å². The Kier molecular flexibility index (Phi) is 4.81. The second kappa shape index (κ2) is 7.56. The van der Waals surface area contributed by atoms with Crippen molar-refractivity contribution in [2.75, 3.05) is 0 Å². The van der Waals surface area contributed by atoms with Gasteiger partial charge in [-0.1, -0.05) is 48.5 Å². The van der Waals surface area contributed by atoms with Crippen LogP contribution in [0.4, 0.5) is 0 Å². The maximum Gasteiger partial charge on any atom is 0.240 e. The Hall–Kier alpha value is -3.60. The number of hydrogen-bond acceptors (Lipinski definition) is 3. The molecule has 0 spiro atoms. The van der Waals surface area contributed by atoms with Crippen LogP contribution in [0.2, 0.25) is 0 Å². The number of rotatable bonds is 6. The van der Waals surface area contributed by atoms with Gasteiger partial charge in [0.25, 0.3) is 0 Å². The molecule has 1 N–H and O–H groups in total. The molecular formula is C23H20N2O3. The molecule has 0 radical (unpaired) electrons. The van der Waals surface area contributed by atoms with E-state index in [0.29, 0.717) is 5.56 Å². The van der Waals surface area contributed by atoms with Gasteiger partial charge in [-0.25, -0.2) is 0 Å². The summed E-state index contributed by atoms with van der Waals surface area (Å²) in [7, 11) is 0. The molecule has 0 fully saturated rings. The van der Waals surface area contributed by atoms with E-state index in [0.717, 1.165) is 16.5 Å². The lowest BCUT2D eigenvalue weighted by atomic mass is 10.1. The normalized spacial score (nSPS) is 12.0. The van der Waals surface area contributed by atoms with Gasteiger partial charge in [-0.3, -0.25) is 9.59 Å². The number of nitrogens with one attached hydrogen (secondary N) is 1.